The first-order valence-corrected chi connectivity index (χ1v) is 4.51. The molecule has 0 aliphatic carbocycles. The van der Waals surface area contributed by atoms with Crippen LogP contribution >= 0.6 is 0 Å². The van der Waals surface area contributed by atoms with Crippen molar-refractivity contribution in [3.8, 4) is 0 Å². The molecule has 0 fully saturated rings. The average Bonchev–Trinajstić information content (AvgIpc) is 2.28. The van der Waals surface area contributed by atoms with Crippen LogP contribution in [0.3, 0.4) is 0 Å². The number of carbonyl (C=O) groups excluding carboxylic acids is 2. The summed E-state index contributed by atoms with van der Waals surface area (Å²) in [6.07, 6.45) is 3.05. The first-order valence-electron chi connectivity index (χ1n) is 4.51. The number of nitrogens with one attached hydrogen (secondary N) is 2. The third kappa shape index (κ3) is 4.61. The number of rotatable bonds is 5. The van der Waals surface area contributed by atoms with Gasteiger partial charge in [-0.15, -0.1) is 0 Å². The molecule has 0 radical (unpaired) electrons. The van der Waals surface area contributed by atoms with E-state index in [1.165, 1.54) is 12.3 Å². The summed E-state index contributed by atoms with van der Waals surface area (Å²) < 4.78 is 0. The summed E-state index contributed by atoms with van der Waals surface area (Å²) in [7, 11) is 0. The SMILES string of the molecule is O=CN/C=C/C(=O)NCc1ccccc1. The topological polar surface area (TPSA) is 58.2 Å². The summed E-state index contributed by atoms with van der Waals surface area (Å²) in [5.41, 5.74) is 1.03. The fourth-order valence-electron chi connectivity index (χ4n) is 1.01. The van der Waals surface area contributed by atoms with E-state index in [0.29, 0.717) is 13.0 Å². The standard InChI is InChI=1S/C11H12N2O2/c14-9-12-7-6-11(15)13-8-10-4-2-1-3-5-10/h1-7,9H,8H2,(H,12,14)(H,13,15)/b7-6+. The van der Waals surface area contributed by atoms with Crippen LogP contribution in [-0.2, 0) is 16.1 Å². The molecule has 0 heterocycles. The molecule has 1 aromatic carbocycles. The minimum Gasteiger partial charge on any atom is -0.348 e. The molecule has 0 bridgehead atoms. The molecule has 2 N–H and O–H groups in total. The third-order valence-electron chi connectivity index (χ3n) is 1.71. The largest absolute Gasteiger partial charge is 0.348 e. The molecule has 2 amide bonds. The molecule has 0 aliphatic heterocycles. The highest BCUT2D eigenvalue weighted by atomic mass is 16.1. The van der Waals surface area contributed by atoms with Crippen molar-refractivity contribution in [2.24, 2.45) is 0 Å². The number of amides is 2. The monoisotopic (exact) mass is 204 g/mol. The summed E-state index contributed by atoms with van der Waals surface area (Å²) in [6.45, 7) is 0.477. The van der Waals surface area contributed by atoms with Crippen molar-refractivity contribution >= 4 is 12.3 Å². The maximum absolute atomic E-state index is 11.1. The van der Waals surface area contributed by atoms with Gasteiger partial charge >= 0.3 is 0 Å². The number of benzene rings is 1. The maximum atomic E-state index is 11.1. The van der Waals surface area contributed by atoms with Crippen LogP contribution in [0.25, 0.3) is 0 Å². The van der Waals surface area contributed by atoms with Crippen molar-refractivity contribution in [1.29, 1.82) is 0 Å². The lowest BCUT2D eigenvalue weighted by Crippen LogP contribution is -2.20. The van der Waals surface area contributed by atoms with Gasteiger partial charge in [-0.2, -0.15) is 0 Å². The predicted molar refractivity (Wildman–Crippen MR) is 56.6 cm³/mol. The quantitative estimate of drug-likeness (QED) is 0.544. The maximum Gasteiger partial charge on any atom is 0.245 e. The Balaban J connectivity index is 2.31. The number of hydrogen-bond donors (Lipinski definition) is 2. The van der Waals surface area contributed by atoms with Gasteiger partial charge in [-0.05, 0) is 5.56 Å². The van der Waals surface area contributed by atoms with Gasteiger partial charge in [0.15, 0.2) is 0 Å². The Morgan fingerprint density at radius 1 is 1.27 bits per heavy atom. The molecule has 0 atom stereocenters. The van der Waals surface area contributed by atoms with E-state index < -0.39 is 0 Å². The van der Waals surface area contributed by atoms with Crippen LogP contribution in [0.1, 0.15) is 5.56 Å². The summed E-state index contributed by atoms with van der Waals surface area (Å²) in [4.78, 5) is 21.0. The zero-order valence-corrected chi connectivity index (χ0v) is 8.14. The van der Waals surface area contributed by atoms with Crippen LogP contribution in [0, 0.1) is 0 Å². The van der Waals surface area contributed by atoms with E-state index in [1.807, 2.05) is 30.3 Å². The number of carbonyl (C=O) groups is 2. The smallest absolute Gasteiger partial charge is 0.245 e. The van der Waals surface area contributed by atoms with E-state index in [-0.39, 0.29) is 5.91 Å². The van der Waals surface area contributed by atoms with E-state index in [1.54, 1.807) is 0 Å². The van der Waals surface area contributed by atoms with Gasteiger partial charge < -0.3 is 10.6 Å². The Labute approximate surface area is 88.0 Å². The minimum atomic E-state index is -0.242. The highest BCUT2D eigenvalue weighted by Crippen LogP contribution is 1.96. The van der Waals surface area contributed by atoms with Crippen LogP contribution in [0.15, 0.2) is 42.6 Å². The van der Waals surface area contributed by atoms with Crippen molar-refractivity contribution in [3.63, 3.8) is 0 Å². The first kappa shape index (κ1) is 11.0. The summed E-state index contributed by atoms with van der Waals surface area (Å²) in [6, 6.07) is 9.58. The minimum absolute atomic E-state index is 0.242. The lowest BCUT2D eigenvalue weighted by molar-refractivity contribution is -0.116. The first-order chi connectivity index (χ1) is 7.33. The highest BCUT2D eigenvalue weighted by Gasteiger charge is 1.94. The average molecular weight is 204 g/mol. The normalized spacial score (nSPS) is 9.87. The van der Waals surface area contributed by atoms with Crippen LogP contribution in [0.2, 0.25) is 0 Å². The summed E-state index contributed by atoms with van der Waals surface area (Å²) >= 11 is 0. The van der Waals surface area contributed by atoms with Crippen LogP contribution in [0.4, 0.5) is 0 Å². The molecule has 78 valence electrons. The molecule has 1 rings (SSSR count). The van der Waals surface area contributed by atoms with Gasteiger partial charge in [-0.25, -0.2) is 0 Å². The Hall–Kier alpha value is -2.10. The molecular formula is C11H12N2O2. The van der Waals surface area contributed by atoms with Gasteiger partial charge in [-0.3, -0.25) is 9.59 Å². The molecule has 0 aromatic heterocycles. The Kier molecular flexibility index (Phi) is 4.66. The number of hydrogen-bond acceptors (Lipinski definition) is 2. The van der Waals surface area contributed by atoms with Crippen LogP contribution in [-0.4, -0.2) is 12.3 Å². The lowest BCUT2D eigenvalue weighted by atomic mass is 10.2. The van der Waals surface area contributed by atoms with Gasteiger partial charge in [0.25, 0.3) is 0 Å². The van der Waals surface area contributed by atoms with Gasteiger partial charge in [0.2, 0.25) is 12.3 Å². The second kappa shape index (κ2) is 6.37. The molecule has 0 aliphatic rings. The molecule has 4 heteroatoms. The molecule has 15 heavy (non-hydrogen) atoms. The summed E-state index contributed by atoms with van der Waals surface area (Å²) in [5.74, 6) is -0.242. The van der Waals surface area contributed by atoms with Gasteiger partial charge in [-0.1, -0.05) is 30.3 Å². The van der Waals surface area contributed by atoms with E-state index >= 15 is 0 Å². The fraction of sp³-hybridized carbons (Fsp3) is 0.0909. The van der Waals surface area contributed by atoms with Crippen molar-refractivity contribution in [3.05, 3.63) is 48.2 Å². The van der Waals surface area contributed by atoms with E-state index in [0.717, 1.165) is 5.56 Å². The van der Waals surface area contributed by atoms with Crippen LogP contribution < -0.4 is 10.6 Å². The van der Waals surface area contributed by atoms with E-state index in [4.69, 9.17) is 0 Å². The molecule has 0 saturated carbocycles. The molecule has 0 saturated heterocycles. The lowest BCUT2D eigenvalue weighted by Gasteiger charge is -2.01. The Morgan fingerprint density at radius 2 is 2.00 bits per heavy atom. The van der Waals surface area contributed by atoms with Crippen LogP contribution in [0.5, 0.6) is 0 Å². The van der Waals surface area contributed by atoms with Crippen molar-refractivity contribution in [1.82, 2.24) is 10.6 Å². The van der Waals surface area contributed by atoms with Crippen molar-refractivity contribution < 1.29 is 9.59 Å². The molecule has 0 spiro atoms. The van der Waals surface area contributed by atoms with Gasteiger partial charge in [0, 0.05) is 18.8 Å². The second-order valence-electron chi connectivity index (χ2n) is 2.82. The zero-order chi connectivity index (χ0) is 10.9. The predicted octanol–water partition coefficient (Wildman–Crippen LogP) is 0.562. The van der Waals surface area contributed by atoms with E-state index in [9.17, 15) is 9.59 Å². The molecule has 4 nitrogen and oxygen atoms in total. The molecule has 1 aromatic rings. The van der Waals surface area contributed by atoms with E-state index in [2.05, 4.69) is 10.6 Å². The summed E-state index contributed by atoms with van der Waals surface area (Å²) in [5, 5.41) is 4.93. The Morgan fingerprint density at radius 3 is 2.67 bits per heavy atom. The van der Waals surface area contributed by atoms with Gasteiger partial charge in [0.05, 0.1) is 0 Å². The highest BCUT2D eigenvalue weighted by molar-refractivity contribution is 5.87. The molecular weight excluding hydrogens is 192 g/mol. The van der Waals surface area contributed by atoms with Crippen molar-refractivity contribution in [2.75, 3.05) is 0 Å². The Bertz CT molecular complexity index is 347. The fourth-order valence-corrected chi connectivity index (χ4v) is 1.01. The van der Waals surface area contributed by atoms with Crippen molar-refractivity contribution in [2.45, 2.75) is 6.54 Å². The molecule has 0 unspecified atom stereocenters. The van der Waals surface area contributed by atoms with Gasteiger partial charge in [0.1, 0.15) is 0 Å². The zero-order valence-electron chi connectivity index (χ0n) is 8.14. The second-order valence-corrected chi connectivity index (χ2v) is 2.82. The third-order valence-corrected chi connectivity index (χ3v) is 1.71.